The van der Waals surface area contributed by atoms with Gasteiger partial charge in [-0.2, -0.15) is 0 Å². The maximum Gasteiger partial charge on any atom is 0.358 e. The number of carboxylic acids is 1. The average Bonchev–Trinajstić information content (AvgIpc) is 2.33. The summed E-state index contributed by atoms with van der Waals surface area (Å²) in [5, 5.41) is 12.0. The summed E-state index contributed by atoms with van der Waals surface area (Å²) in [6.07, 6.45) is 2.08. The van der Waals surface area contributed by atoms with E-state index in [-0.39, 0.29) is 5.69 Å². The third kappa shape index (κ3) is 1.84. The number of hydrogen-bond donors (Lipinski definition) is 1. The largest absolute Gasteiger partial charge is 0.476 e. The van der Waals surface area contributed by atoms with Gasteiger partial charge in [-0.1, -0.05) is 19.0 Å². The third-order valence-electron chi connectivity index (χ3n) is 1.47. The highest BCUT2D eigenvalue weighted by Gasteiger charge is 2.15. The Morgan fingerprint density at radius 1 is 1.75 bits per heavy atom. The second kappa shape index (κ2) is 3.38. The van der Waals surface area contributed by atoms with Gasteiger partial charge >= 0.3 is 5.97 Å². The molecule has 0 aromatic carbocycles. The van der Waals surface area contributed by atoms with Gasteiger partial charge in [0.25, 0.3) is 0 Å². The zero-order valence-electron chi connectivity index (χ0n) is 7.07. The van der Waals surface area contributed by atoms with Crippen molar-refractivity contribution in [3.63, 3.8) is 0 Å². The molecule has 0 unspecified atom stereocenters. The zero-order chi connectivity index (χ0) is 9.14. The molecule has 0 fully saturated rings. The minimum Gasteiger partial charge on any atom is -0.476 e. The van der Waals surface area contributed by atoms with E-state index < -0.39 is 5.97 Å². The summed E-state index contributed by atoms with van der Waals surface area (Å²) in [5.74, 6) is -0.623. The molecule has 1 heterocycles. The van der Waals surface area contributed by atoms with Crippen molar-refractivity contribution in [1.29, 1.82) is 0 Å². The molecule has 0 saturated carbocycles. The maximum atomic E-state index is 10.5. The van der Waals surface area contributed by atoms with E-state index in [4.69, 9.17) is 5.11 Å². The molecule has 66 valence electrons. The quantitative estimate of drug-likeness (QED) is 0.745. The van der Waals surface area contributed by atoms with E-state index >= 15 is 0 Å². The molecule has 1 rings (SSSR count). The monoisotopic (exact) mass is 169 g/mol. The van der Waals surface area contributed by atoms with Gasteiger partial charge in [-0.05, 0) is 12.3 Å². The number of carboxylic acid groups (broad SMARTS) is 1. The molecule has 12 heavy (non-hydrogen) atoms. The Bertz CT molecular complexity index is 278. The lowest BCUT2D eigenvalue weighted by molar-refractivity contribution is 0.0684. The molecule has 1 N–H and O–H groups in total. The van der Waals surface area contributed by atoms with Crippen molar-refractivity contribution in [3.8, 4) is 0 Å². The van der Waals surface area contributed by atoms with Crippen LogP contribution in [0.3, 0.4) is 0 Å². The van der Waals surface area contributed by atoms with Crippen LogP contribution in [0.25, 0.3) is 0 Å². The molecule has 0 aliphatic rings. The molecule has 0 atom stereocenters. The van der Waals surface area contributed by atoms with Gasteiger partial charge in [0, 0.05) is 5.56 Å². The van der Waals surface area contributed by atoms with Crippen molar-refractivity contribution in [2.75, 3.05) is 0 Å². The number of carbonyl (C=O) groups is 1. The van der Waals surface area contributed by atoms with Gasteiger partial charge in [-0.25, -0.2) is 4.79 Å². The van der Waals surface area contributed by atoms with Crippen LogP contribution in [0.5, 0.6) is 0 Å². The molecular weight excluding hydrogens is 158 g/mol. The molecule has 0 spiro atoms. The molecule has 0 radical (unpaired) electrons. The van der Waals surface area contributed by atoms with Crippen LogP contribution in [0.2, 0.25) is 0 Å². The number of aromatic carboxylic acids is 1. The Kier molecular flexibility index (Phi) is 2.47. The van der Waals surface area contributed by atoms with E-state index in [9.17, 15) is 4.79 Å². The van der Waals surface area contributed by atoms with E-state index in [1.54, 1.807) is 0 Å². The first-order chi connectivity index (χ1) is 5.61. The lowest BCUT2D eigenvalue weighted by Gasteiger charge is -2.00. The van der Waals surface area contributed by atoms with Crippen LogP contribution in [0.15, 0.2) is 10.8 Å². The number of hydrogen-bond acceptors (Lipinski definition) is 3. The minimum atomic E-state index is -1.03. The number of aromatic nitrogens is 1. The highest BCUT2D eigenvalue weighted by molar-refractivity contribution is 5.86. The molecule has 0 aliphatic carbocycles. The first-order valence-electron chi connectivity index (χ1n) is 3.77. The second-order valence-corrected chi connectivity index (χ2v) is 3.09. The molecular formula is C8H11NO3. The molecule has 0 amide bonds. The summed E-state index contributed by atoms with van der Waals surface area (Å²) in [6, 6.07) is 0. The molecule has 0 aliphatic heterocycles. The summed E-state index contributed by atoms with van der Waals surface area (Å²) in [4.78, 5) is 10.5. The van der Waals surface area contributed by atoms with Gasteiger partial charge in [-0.15, -0.1) is 0 Å². The molecule has 1 aromatic heterocycles. The summed E-state index contributed by atoms with van der Waals surface area (Å²) in [7, 11) is 0. The van der Waals surface area contributed by atoms with Gasteiger partial charge in [0.1, 0.15) is 6.26 Å². The highest BCUT2D eigenvalue weighted by Crippen LogP contribution is 2.12. The van der Waals surface area contributed by atoms with Crippen molar-refractivity contribution in [1.82, 2.24) is 5.16 Å². The van der Waals surface area contributed by atoms with Gasteiger partial charge < -0.3 is 9.63 Å². The normalized spacial score (nSPS) is 10.6. The van der Waals surface area contributed by atoms with Crippen molar-refractivity contribution >= 4 is 5.97 Å². The van der Waals surface area contributed by atoms with E-state index in [1.807, 2.05) is 13.8 Å². The Morgan fingerprint density at radius 3 is 2.92 bits per heavy atom. The third-order valence-corrected chi connectivity index (χ3v) is 1.47. The first-order valence-corrected chi connectivity index (χ1v) is 3.77. The Hall–Kier alpha value is -1.32. The number of rotatable bonds is 3. The van der Waals surface area contributed by atoms with Gasteiger partial charge in [0.05, 0.1) is 0 Å². The summed E-state index contributed by atoms with van der Waals surface area (Å²) in [5.41, 5.74) is 0.696. The first kappa shape index (κ1) is 8.77. The molecule has 0 bridgehead atoms. The predicted molar refractivity (Wildman–Crippen MR) is 42.0 cm³/mol. The number of nitrogens with zero attached hydrogens (tertiary/aromatic N) is 1. The van der Waals surface area contributed by atoms with Crippen molar-refractivity contribution in [2.24, 2.45) is 5.92 Å². The zero-order valence-corrected chi connectivity index (χ0v) is 7.07. The fourth-order valence-corrected chi connectivity index (χ4v) is 1.02. The van der Waals surface area contributed by atoms with Crippen LogP contribution in [0.1, 0.15) is 29.9 Å². The van der Waals surface area contributed by atoms with Gasteiger partial charge in [0.2, 0.25) is 0 Å². The lowest BCUT2D eigenvalue weighted by Crippen LogP contribution is -2.03. The fourth-order valence-electron chi connectivity index (χ4n) is 1.02. The van der Waals surface area contributed by atoms with Crippen LogP contribution in [0, 0.1) is 5.92 Å². The minimum absolute atomic E-state index is 0.0312. The Balaban J connectivity index is 2.84. The standard InChI is InChI=1S/C8H11NO3/c1-5(2)3-6-4-12-9-7(6)8(10)11/h4-5H,3H2,1-2H3,(H,10,11). The van der Waals surface area contributed by atoms with E-state index in [1.165, 1.54) is 6.26 Å². The van der Waals surface area contributed by atoms with Crippen LogP contribution in [-0.2, 0) is 6.42 Å². The fraction of sp³-hybridized carbons (Fsp3) is 0.500. The average molecular weight is 169 g/mol. The summed E-state index contributed by atoms with van der Waals surface area (Å²) in [6.45, 7) is 4.03. The van der Waals surface area contributed by atoms with Crippen molar-refractivity contribution in [3.05, 3.63) is 17.5 Å². The Labute approximate surface area is 70.2 Å². The van der Waals surface area contributed by atoms with Crippen LogP contribution in [-0.4, -0.2) is 16.2 Å². The van der Waals surface area contributed by atoms with Crippen LogP contribution < -0.4 is 0 Å². The molecule has 1 aromatic rings. The van der Waals surface area contributed by atoms with Crippen LogP contribution >= 0.6 is 0 Å². The highest BCUT2D eigenvalue weighted by atomic mass is 16.5. The smallest absolute Gasteiger partial charge is 0.358 e. The molecule has 4 heteroatoms. The van der Waals surface area contributed by atoms with E-state index in [0.29, 0.717) is 17.9 Å². The summed E-state index contributed by atoms with van der Waals surface area (Å²) >= 11 is 0. The van der Waals surface area contributed by atoms with Crippen molar-refractivity contribution < 1.29 is 14.4 Å². The summed E-state index contributed by atoms with van der Waals surface area (Å²) < 4.78 is 4.58. The van der Waals surface area contributed by atoms with E-state index in [0.717, 1.165) is 0 Å². The van der Waals surface area contributed by atoms with Crippen molar-refractivity contribution in [2.45, 2.75) is 20.3 Å². The van der Waals surface area contributed by atoms with Crippen LogP contribution in [0.4, 0.5) is 0 Å². The van der Waals surface area contributed by atoms with Gasteiger partial charge in [-0.3, -0.25) is 0 Å². The van der Waals surface area contributed by atoms with Gasteiger partial charge in [0.15, 0.2) is 5.69 Å². The lowest BCUT2D eigenvalue weighted by atomic mass is 10.0. The second-order valence-electron chi connectivity index (χ2n) is 3.09. The molecule has 0 saturated heterocycles. The predicted octanol–water partition coefficient (Wildman–Crippen LogP) is 1.57. The maximum absolute atomic E-state index is 10.5. The Morgan fingerprint density at radius 2 is 2.42 bits per heavy atom. The molecule has 4 nitrogen and oxygen atoms in total. The topological polar surface area (TPSA) is 63.3 Å². The van der Waals surface area contributed by atoms with E-state index in [2.05, 4.69) is 9.68 Å². The SMILES string of the molecule is CC(C)Cc1conc1C(=O)O.